The van der Waals surface area contributed by atoms with E-state index >= 15 is 0 Å². The molecule has 2 unspecified atom stereocenters. The molecule has 0 aliphatic carbocycles. The van der Waals surface area contributed by atoms with E-state index in [-0.39, 0.29) is 0 Å². The van der Waals surface area contributed by atoms with Crippen molar-refractivity contribution in [3.63, 3.8) is 0 Å². The van der Waals surface area contributed by atoms with Gasteiger partial charge in [-0.05, 0) is 32.2 Å². The van der Waals surface area contributed by atoms with Gasteiger partial charge in [-0.25, -0.2) is 4.98 Å². The summed E-state index contributed by atoms with van der Waals surface area (Å²) >= 11 is 1.81. The molecule has 1 aromatic heterocycles. The van der Waals surface area contributed by atoms with E-state index in [4.69, 9.17) is 4.98 Å². The largest absolute Gasteiger partial charge is 0.316 e. The van der Waals surface area contributed by atoms with Gasteiger partial charge in [-0.2, -0.15) is 0 Å². The number of thiazole rings is 1. The minimum Gasteiger partial charge on any atom is -0.316 e. The van der Waals surface area contributed by atoms with Crippen LogP contribution in [0.2, 0.25) is 0 Å². The monoisotopic (exact) mass is 279 g/mol. The second-order valence-electron chi connectivity index (χ2n) is 6.89. The molecule has 2 saturated heterocycles. The lowest BCUT2D eigenvalue weighted by atomic mass is 9.85. The lowest BCUT2D eigenvalue weighted by Crippen LogP contribution is -2.43. The van der Waals surface area contributed by atoms with Crippen molar-refractivity contribution in [1.82, 2.24) is 15.2 Å². The van der Waals surface area contributed by atoms with Gasteiger partial charge in [-0.3, -0.25) is 4.90 Å². The Labute approximate surface area is 120 Å². The molecular weight excluding hydrogens is 254 g/mol. The molecule has 2 atom stereocenters. The molecule has 3 nitrogen and oxygen atoms in total. The van der Waals surface area contributed by atoms with E-state index in [0.717, 1.165) is 18.4 Å². The first kappa shape index (κ1) is 13.5. The van der Waals surface area contributed by atoms with Crippen molar-refractivity contribution in [2.45, 2.75) is 45.7 Å². The van der Waals surface area contributed by atoms with Crippen molar-refractivity contribution in [1.29, 1.82) is 0 Å². The lowest BCUT2D eigenvalue weighted by Gasteiger charge is -2.35. The maximum atomic E-state index is 4.79. The predicted molar refractivity (Wildman–Crippen MR) is 80.5 cm³/mol. The van der Waals surface area contributed by atoms with Gasteiger partial charge in [0.15, 0.2) is 0 Å². The number of nitrogens with one attached hydrogen (secondary N) is 1. The Morgan fingerprint density at radius 3 is 2.89 bits per heavy atom. The van der Waals surface area contributed by atoms with Crippen LogP contribution in [0.4, 0.5) is 0 Å². The minimum atomic E-state index is 0.301. The zero-order chi connectivity index (χ0) is 13.6. The molecule has 0 aromatic carbocycles. The Kier molecular flexibility index (Phi) is 3.44. The topological polar surface area (TPSA) is 28.2 Å². The van der Waals surface area contributed by atoms with Gasteiger partial charge >= 0.3 is 0 Å². The van der Waals surface area contributed by atoms with Gasteiger partial charge in [0.1, 0.15) is 0 Å². The van der Waals surface area contributed by atoms with E-state index in [9.17, 15) is 0 Å². The van der Waals surface area contributed by atoms with Crippen molar-refractivity contribution in [3.8, 4) is 0 Å². The van der Waals surface area contributed by atoms with Crippen LogP contribution >= 0.6 is 11.3 Å². The molecule has 0 saturated carbocycles. The summed E-state index contributed by atoms with van der Waals surface area (Å²) in [6.45, 7) is 13.9. The fourth-order valence-corrected chi connectivity index (χ4v) is 4.45. The highest BCUT2D eigenvalue weighted by atomic mass is 32.1. The molecule has 2 aliphatic heterocycles. The van der Waals surface area contributed by atoms with Gasteiger partial charge in [0.05, 0.1) is 10.7 Å². The summed E-state index contributed by atoms with van der Waals surface area (Å²) in [4.78, 5) is 7.44. The SMILES string of the molecule is CC(C)c1nc(CN2CC3CNCC3C2(C)C)cs1. The van der Waals surface area contributed by atoms with E-state index in [0.29, 0.717) is 11.5 Å². The fourth-order valence-electron chi connectivity index (χ4n) is 3.63. The van der Waals surface area contributed by atoms with E-state index in [1.54, 1.807) is 0 Å². The summed E-state index contributed by atoms with van der Waals surface area (Å²) in [6, 6.07) is 0. The van der Waals surface area contributed by atoms with Gasteiger partial charge in [-0.1, -0.05) is 13.8 Å². The molecule has 0 bridgehead atoms. The molecule has 19 heavy (non-hydrogen) atoms. The van der Waals surface area contributed by atoms with Crippen LogP contribution in [-0.4, -0.2) is 35.1 Å². The van der Waals surface area contributed by atoms with Crippen molar-refractivity contribution in [2.24, 2.45) is 11.8 Å². The van der Waals surface area contributed by atoms with Crippen LogP contribution in [0.1, 0.15) is 44.3 Å². The third-order valence-electron chi connectivity index (χ3n) is 4.93. The Morgan fingerprint density at radius 2 is 2.26 bits per heavy atom. The molecule has 106 valence electrons. The summed E-state index contributed by atoms with van der Waals surface area (Å²) in [7, 11) is 0. The van der Waals surface area contributed by atoms with Crippen LogP contribution < -0.4 is 5.32 Å². The normalized spacial score (nSPS) is 30.2. The standard InChI is InChI=1S/C15H25N3S/c1-10(2)14-17-12(9-19-14)8-18-7-11-5-16-6-13(11)15(18,3)4/h9-11,13,16H,5-8H2,1-4H3. The number of aromatic nitrogens is 1. The van der Waals surface area contributed by atoms with Crippen LogP contribution in [0.5, 0.6) is 0 Å². The van der Waals surface area contributed by atoms with E-state index in [2.05, 4.69) is 43.3 Å². The first-order valence-electron chi connectivity index (χ1n) is 7.38. The van der Waals surface area contributed by atoms with Crippen LogP contribution in [-0.2, 0) is 6.54 Å². The fraction of sp³-hybridized carbons (Fsp3) is 0.800. The van der Waals surface area contributed by atoms with Gasteiger partial charge in [-0.15, -0.1) is 11.3 Å². The van der Waals surface area contributed by atoms with Crippen LogP contribution in [0.3, 0.4) is 0 Å². The second kappa shape index (κ2) is 4.83. The number of likely N-dealkylation sites (tertiary alicyclic amines) is 1. The van der Waals surface area contributed by atoms with Gasteiger partial charge in [0.25, 0.3) is 0 Å². The molecule has 4 heteroatoms. The van der Waals surface area contributed by atoms with E-state index in [1.165, 1.54) is 30.3 Å². The van der Waals surface area contributed by atoms with Crippen molar-refractivity contribution >= 4 is 11.3 Å². The zero-order valence-corrected chi connectivity index (χ0v) is 13.3. The van der Waals surface area contributed by atoms with E-state index < -0.39 is 0 Å². The molecule has 3 heterocycles. The average molecular weight is 279 g/mol. The van der Waals surface area contributed by atoms with Crippen molar-refractivity contribution in [3.05, 3.63) is 16.1 Å². The third-order valence-corrected chi connectivity index (χ3v) is 6.13. The molecule has 0 amide bonds. The molecule has 3 rings (SSSR count). The summed E-state index contributed by atoms with van der Waals surface area (Å²) in [6.07, 6.45) is 0. The number of fused-ring (bicyclic) bond motifs is 1. The van der Waals surface area contributed by atoms with Crippen LogP contribution in [0.25, 0.3) is 0 Å². The number of nitrogens with zero attached hydrogens (tertiary/aromatic N) is 2. The van der Waals surface area contributed by atoms with Gasteiger partial charge in [0.2, 0.25) is 0 Å². The molecule has 0 radical (unpaired) electrons. The molecular formula is C15H25N3S. The molecule has 1 N–H and O–H groups in total. The average Bonchev–Trinajstić information content (AvgIpc) is 2.99. The Morgan fingerprint density at radius 1 is 1.47 bits per heavy atom. The Hall–Kier alpha value is -0.450. The summed E-state index contributed by atoms with van der Waals surface area (Å²) in [5.41, 5.74) is 1.56. The molecule has 2 fully saturated rings. The first-order chi connectivity index (χ1) is 8.98. The highest BCUT2D eigenvalue weighted by Crippen LogP contribution is 2.41. The third kappa shape index (κ3) is 2.34. The Balaban J connectivity index is 1.72. The summed E-state index contributed by atoms with van der Waals surface area (Å²) in [5, 5.41) is 7.06. The predicted octanol–water partition coefficient (Wildman–Crippen LogP) is 2.70. The quantitative estimate of drug-likeness (QED) is 0.922. The second-order valence-corrected chi connectivity index (χ2v) is 7.78. The highest BCUT2D eigenvalue weighted by Gasteiger charge is 2.49. The van der Waals surface area contributed by atoms with Crippen LogP contribution in [0, 0.1) is 11.8 Å². The number of hydrogen-bond acceptors (Lipinski definition) is 4. The lowest BCUT2D eigenvalue weighted by molar-refractivity contribution is 0.130. The van der Waals surface area contributed by atoms with Gasteiger partial charge < -0.3 is 5.32 Å². The maximum Gasteiger partial charge on any atom is 0.0954 e. The summed E-state index contributed by atoms with van der Waals surface area (Å²) in [5.74, 6) is 2.18. The molecule has 1 aromatic rings. The van der Waals surface area contributed by atoms with Gasteiger partial charge in [0, 0.05) is 36.5 Å². The first-order valence-corrected chi connectivity index (χ1v) is 8.26. The Bertz CT molecular complexity index is 452. The smallest absolute Gasteiger partial charge is 0.0954 e. The molecule has 2 aliphatic rings. The van der Waals surface area contributed by atoms with E-state index in [1.807, 2.05) is 11.3 Å². The summed E-state index contributed by atoms with van der Waals surface area (Å²) < 4.78 is 0. The molecule has 0 spiro atoms. The highest BCUT2D eigenvalue weighted by molar-refractivity contribution is 7.09. The minimum absolute atomic E-state index is 0.301. The van der Waals surface area contributed by atoms with Crippen molar-refractivity contribution < 1.29 is 0 Å². The maximum absolute atomic E-state index is 4.79. The van der Waals surface area contributed by atoms with Crippen LogP contribution in [0.15, 0.2) is 5.38 Å². The van der Waals surface area contributed by atoms with Crippen molar-refractivity contribution in [2.75, 3.05) is 19.6 Å². The zero-order valence-electron chi connectivity index (χ0n) is 12.4. The number of hydrogen-bond donors (Lipinski definition) is 1. The number of rotatable bonds is 3.